The van der Waals surface area contributed by atoms with Crippen LogP contribution in [0.3, 0.4) is 0 Å². The molecular weight excluding hydrogens is 402 g/mol. The zero-order valence-electron chi connectivity index (χ0n) is 16.7. The first-order valence-electron chi connectivity index (χ1n) is 10.3. The first-order valence-corrected chi connectivity index (χ1v) is 10.7. The van der Waals surface area contributed by atoms with Crippen LogP contribution in [0, 0.1) is 5.92 Å². The minimum absolute atomic E-state index is 0.165. The van der Waals surface area contributed by atoms with E-state index in [9.17, 15) is 9.59 Å². The van der Waals surface area contributed by atoms with Crippen LogP contribution in [-0.4, -0.2) is 30.6 Å². The Morgan fingerprint density at radius 3 is 2.73 bits per heavy atom. The fourth-order valence-corrected chi connectivity index (χ4v) is 4.22. The molecule has 0 unspecified atom stereocenters. The molecule has 1 saturated heterocycles. The van der Waals surface area contributed by atoms with Gasteiger partial charge in [-0.25, -0.2) is 4.79 Å². The highest BCUT2D eigenvalue weighted by atomic mass is 35.5. The van der Waals surface area contributed by atoms with Gasteiger partial charge in [0.2, 0.25) is 0 Å². The summed E-state index contributed by atoms with van der Waals surface area (Å²) in [6.45, 7) is 1.83. The molecular formula is C23H26ClN3O3. The van der Waals surface area contributed by atoms with Crippen molar-refractivity contribution < 1.29 is 14.3 Å². The quantitative estimate of drug-likeness (QED) is 0.640. The van der Waals surface area contributed by atoms with E-state index in [1.165, 1.54) is 12.8 Å². The Kier molecular flexibility index (Phi) is 6.25. The number of piperidine rings is 1. The Morgan fingerprint density at radius 2 is 1.97 bits per heavy atom. The van der Waals surface area contributed by atoms with Gasteiger partial charge >= 0.3 is 6.09 Å². The fourth-order valence-electron chi connectivity index (χ4n) is 3.98. The third-order valence-corrected chi connectivity index (χ3v) is 5.97. The van der Waals surface area contributed by atoms with Crippen LogP contribution in [0.25, 0.3) is 0 Å². The highest BCUT2D eigenvalue weighted by Gasteiger charge is 2.45. The molecule has 2 amide bonds. The van der Waals surface area contributed by atoms with Crippen LogP contribution in [0.5, 0.6) is 0 Å². The molecule has 6 nitrogen and oxygen atoms in total. The first kappa shape index (κ1) is 20.7. The molecule has 4 rings (SSSR count). The second-order valence-corrected chi connectivity index (χ2v) is 8.63. The van der Waals surface area contributed by atoms with E-state index in [4.69, 9.17) is 16.3 Å². The van der Waals surface area contributed by atoms with Crippen molar-refractivity contribution in [1.82, 2.24) is 10.6 Å². The molecule has 2 aromatic carbocycles. The number of carbonyl (C=O) groups is 2. The zero-order valence-corrected chi connectivity index (χ0v) is 17.5. The molecule has 1 heterocycles. The average molecular weight is 428 g/mol. The van der Waals surface area contributed by atoms with Crippen LogP contribution >= 0.6 is 11.6 Å². The summed E-state index contributed by atoms with van der Waals surface area (Å²) in [5.74, 6) is 0.295. The van der Waals surface area contributed by atoms with Gasteiger partial charge in [-0.05, 0) is 61.9 Å². The van der Waals surface area contributed by atoms with Crippen molar-refractivity contribution in [1.29, 1.82) is 0 Å². The number of halogens is 1. The lowest BCUT2D eigenvalue weighted by atomic mass is 9.90. The maximum atomic E-state index is 12.6. The van der Waals surface area contributed by atoms with Crippen LogP contribution < -0.4 is 16.0 Å². The SMILES string of the molecule is O=C(Nc1cc(Cl)cc(C(=O)NC[C@H]2CCNC3(CC3)C2)c1)OCc1ccccc1. The van der Waals surface area contributed by atoms with E-state index >= 15 is 0 Å². The lowest BCUT2D eigenvalue weighted by Crippen LogP contribution is -2.43. The molecule has 7 heteroatoms. The van der Waals surface area contributed by atoms with Gasteiger partial charge < -0.3 is 15.4 Å². The molecule has 1 aliphatic heterocycles. The van der Waals surface area contributed by atoms with Gasteiger partial charge in [-0.3, -0.25) is 10.1 Å². The van der Waals surface area contributed by atoms with E-state index in [0.717, 1.165) is 24.9 Å². The van der Waals surface area contributed by atoms with Crippen molar-refractivity contribution >= 4 is 29.3 Å². The van der Waals surface area contributed by atoms with Crippen molar-refractivity contribution in [3.63, 3.8) is 0 Å². The fraction of sp³-hybridized carbons (Fsp3) is 0.391. The normalized spacial score (nSPS) is 19.2. The third kappa shape index (κ3) is 5.52. The molecule has 1 saturated carbocycles. The summed E-state index contributed by atoms with van der Waals surface area (Å²) < 4.78 is 5.22. The molecule has 0 bridgehead atoms. The van der Waals surface area contributed by atoms with Gasteiger partial charge in [-0.2, -0.15) is 0 Å². The zero-order chi connectivity index (χ0) is 21.0. The van der Waals surface area contributed by atoms with E-state index < -0.39 is 6.09 Å². The van der Waals surface area contributed by atoms with Gasteiger partial charge in [0.25, 0.3) is 5.91 Å². The molecule has 1 spiro atoms. The van der Waals surface area contributed by atoms with Crippen LogP contribution in [0.1, 0.15) is 41.6 Å². The number of carbonyl (C=O) groups excluding carboxylic acids is 2. The van der Waals surface area contributed by atoms with Crippen molar-refractivity contribution in [3.8, 4) is 0 Å². The molecule has 3 N–H and O–H groups in total. The smallest absolute Gasteiger partial charge is 0.411 e. The first-order chi connectivity index (χ1) is 14.5. The molecule has 158 valence electrons. The predicted octanol–water partition coefficient (Wildman–Crippen LogP) is 4.35. The third-order valence-electron chi connectivity index (χ3n) is 5.76. The Labute approximate surface area is 181 Å². The number of nitrogens with one attached hydrogen (secondary N) is 3. The maximum Gasteiger partial charge on any atom is 0.411 e. The largest absolute Gasteiger partial charge is 0.444 e. The lowest BCUT2D eigenvalue weighted by Gasteiger charge is -2.30. The summed E-state index contributed by atoms with van der Waals surface area (Å²) in [6, 6.07) is 14.2. The van der Waals surface area contributed by atoms with E-state index in [2.05, 4.69) is 16.0 Å². The molecule has 2 aliphatic rings. The predicted molar refractivity (Wildman–Crippen MR) is 117 cm³/mol. The van der Waals surface area contributed by atoms with Gasteiger partial charge in [0.1, 0.15) is 6.61 Å². The summed E-state index contributed by atoms with van der Waals surface area (Å²) in [7, 11) is 0. The highest BCUT2D eigenvalue weighted by molar-refractivity contribution is 6.31. The van der Waals surface area contributed by atoms with Gasteiger partial charge in [0.15, 0.2) is 0 Å². The van der Waals surface area contributed by atoms with Crippen molar-refractivity contribution in [2.75, 3.05) is 18.4 Å². The van der Waals surface area contributed by atoms with Crippen molar-refractivity contribution in [2.24, 2.45) is 5.92 Å². The number of hydrogen-bond acceptors (Lipinski definition) is 4. The molecule has 2 fully saturated rings. The van der Waals surface area contributed by atoms with Gasteiger partial charge in [0.05, 0.1) is 0 Å². The van der Waals surface area contributed by atoms with Crippen molar-refractivity contribution in [2.45, 2.75) is 37.8 Å². The van der Waals surface area contributed by atoms with E-state index in [1.54, 1.807) is 18.2 Å². The summed E-state index contributed by atoms with van der Waals surface area (Å²) in [5, 5.41) is 9.62. The van der Waals surface area contributed by atoms with Crippen LogP contribution in [-0.2, 0) is 11.3 Å². The summed E-state index contributed by atoms with van der Waals surface area (Å²) in [4.78, 5) is 24.7. The standard InChI is InChI=1S/C23H26ClN3O3/c24-19-10-18(21(28)25-14-17-6-9-26-23(13-17)7-8-23)11-20(12-19)27-22(29)30-15-16-4-2-1-3-5-16/h1-5,10-12,17,26H,6-9,13-15H2,(H,25,28)(H,27,29)/t17-/m0/s1. The minimum Gasteiger partial charge on any atom is -0.444 e. The number of rotatable bonds is 6. The Hall–Kier alpha value is -2.57. The molecule has 1 atom stereocenters. The van der Waals surface area contributed by atoms with Gasteiger partial charge in [0, 0.05) is 28.4 Å². The van der Waals surface area contributed by atoms with E-state index in [0.29, 0.717) is 34.3 Å². The monoisotopic (exact) mass is 427 g/mol. The second-order valence-electron chi connectivity index (χ2n) is 8.19. The van der Waals surface area contributed by atoms with Gasteiger partial charge in [-0.1, -0.05) is 41.9 Å². The average Bonchev–Trinajstić information content (AvgIpc) is 3.49. The minimum atomic E-state index is -0.600. The van der Waals surface area contributed by atoms with E-state index in [1.807, 2.05) is 30.3 Å². The molecule has 0 aromatic heterocycles. The summed E-state index contributed by atoms with van der Waals surface area (Å²) >= 11 is 6.16. The number of anilines is 1. The lowest BCUT2D eigenvalue weighted by molar-refractivity contribution is 0.0941. The number of benzene rings is 2. The Balaban J connectivity index is 1.30. The van der Waals surface area contributed by atoms with Crippen LogP contribution in [0.2, 0.25) is 5.02 Å². The molecule has 1 aliphatic carbocycles. The number of ether oxygens (including phenoxy) is 1. The molecule has 2 aromatic rings. The van der Waals surface area contributed by atoms with Crippen molar-refractivity contribution in [3.05, 3.63) is 64.7 Å². The molecule has 0 radical (unpaired) electrons. The summed E-state index contributed by atoms with van der Waals surface area (Å²) in [6.07, 6.45) is 4.06. The Morgan fingerprint density at radius 1 is 1.17 bits per heavy atom. The number of hydrogen-bond donors (Lipinski definition) is 3. The highest BCUT2D eigenvalue weighted by Crippen LogP contribution is 2.43. The van der Waals surface area contributed by atoms with Crippen LogP contribution in [0.15, 0.2) is 48.5 Å². The molecule has 30 heavy (non-hydrogen) atoms. The Bertz CT molecular complexity index is 915. The van der Waals surface area contributed by atoms with Crippen LogP contribution in [0.4, 0.5) is 10.5 Å². The number of amides is 2. The second kappa shape index (κ2) is 9.06. The maximum absolute atomic E-state index is 12.6. The van der Waals surface area contributed by atoms with E-state index in [-0.39, 0.29) is 12.5 Å². The van der Waals surface area contributed by atoms with Gasteiger partial charge in [-0.15, -0.1) is 0 Å². The topological polar surface area (TPSA) is 79.5 Å². The summed E-state index contributed by atoms with van der Waals surface area (Å²) in [5.41, 5.74) is 2.06.